The summed E-state index contributed by atoms with van der Waals surface area (Å²) in [6.45, 7) is 2.01. The van der Waals surface area contributed by atoms with Crippen molar-refractivity contribution in [3.8, 4) is 0 Å². The summed E-state index contributed by atoms with van der Waals surface area (Å²) >= 11 is 1.66. The summed E-state index contributed by atoms with van der Waals surface area (Å²) in [5.74, 6) is -0.258. The van der Waals surface area contributed by atoms with Crippen molar-refractivity contribution >= 4 is 23.4 Å². The lowest BCUT2D eigenvalue weighted by atomic mass is 10.2. The molecule has 0 aliphatic carbocycles. The molecule has 98 valence electrons. The first-order valence-electron chi connectivity index (χ1n) is 5.73. The molecule has 0 aliphatic rings. The summed E-state index contributed by atoms with van der Waals surface area (Å²) in [5.41, 5.74) is 8.65. The molecule has 0 saturated heterocycles. The van der Waals surface area contributed by atoms with Crippen molar-refractivity contribution in [1.29, 1.82) is 0 Å². The molecule has 3 N–H and O–H groups in total. The Labute approximate surface area is 115 Å². The predicted molar refractivity (Wildman–Crippen MR) is 76.3 cm³/mol. The minimum atomic E-state index is -0.957. The van der Waals surface area contributed by atoms with E-state index in [4.69, 9.17) is 10.8 Å². The number of thioether (sulfide) groups is 1. The number of carbonyl (C=O) groups is 1. The fraction of sp³-hybridized carbons (Fsp3) is 0.143. The molecule has 1 aromatic heterocycles. The smallest absolute Gasteiger partial charge is 0.337 e. The van der Waals surface area contributed by atoms with Gasteiger partial charge in [0.15, 0.2) is 0 Å². The van der Waals surface area contributed by atoms with E-state index in [1.54, 1.807) is 23.9 Å². The molecule has 0 bridgehead atoms. The highest BCUT2D eigenvalue weighted by molar-refractivity contribution is 7.98. The minimum Gasteiger partial charge on any atom is -0.478 e. The first-order valence-corrected chi connectivity index (χ1v) is 6.72. The van der Waals surface area contributed by atoms with Crippen molar-refractivity contribution in [3.05, 3.63) is 53.3 Å². The molecule has 4 nitrogen and oxygen atoms in total. The van der Waals surface area contributed by atoms with Gasteiger partial charge in [-0.15, -0.1) is 11.8 Å². The summed E-state index contributed by atoms with van der Waals surface area (Å²) in [5, 5.41) is 8.79. The first kappa shape index (κ1) is 13.4. The molecule has 1 aromatic carbocycles. The summed E-state index contributed by atoms with van der Waals surface area (Å²) in [7, 11) is 0. The average molecular weight is 274 g/mol. The van der Waals surface area contributed by atoms with Crippen molar-refractivity contribution in [1.82, 2.24) is 4.98 Å². The van der Waals surface area contributed by atoms with E-state index in [1.807, 2.05) is 25.1 Å². The number of aromatic nitrogens is 1. The maximum absolute atomic E-state index is 10.7. The Morgan fingerprint density at radius 1 is 1.37 bits per heavy atom. The fourth-order valence-corrected chi connectivity index (χ4v) is 2.55. The number of aromatic carboxylic acids is 1. The zero-order valence-electron chi connectivity index (χ0n) is 10.5. The Balaban J connectivity index is 2.04. The Morgan fingerprint density at radius 2 is 2.16 bits per heavy atom. The molecule has 0 aliphatic heterocycles. The lowest BCUT2D eigenvalue weighted by Crippen LogP contribution is -1.98. The van der Waals surface area contributed by atoms with Gasteiger partial charge >= 0.3 is 5.97 Å². The lowest BCUT2D eigenvalue weighted by Gasteiger charge is -2.06. The van der Waals surface area contributed by atoms with Crippen LogP contribution in [0.4, 0.5) is 5.69 Å². The summed E-state index contributed by atoms with van der Waals surface area (Å²) in [4.78, 5) is 16.0. The molecule has 0 unspecified atom stereocenters. The standard InChI is InChI=1S/C14H14N2O2S/c1-9-6-11(15)3-5-13(9)19-8-12-4-2-10(7-16-12)14(17)18/h2-7H,8,15H2,1H3,(H,17,18). The third kappa shape index (κ3) is 3.48. The van der Waals surface area contributed by atoms with Crippen molar-refractivity contribution in [2.75, 3.05) is 5.73 Å². The van der Waals surface area contributed by atoms with Gasteiger partial charge in [0.2, 0.25) is 0 Å². The van der Waals surface area contributed by atoms with E-state index in [9.17, 15) is 4.79 Å². The highest BCUT2D eigenvalue weighted by atomic mass is 32.2. The largest absolute Gasteiger partial charge is 0.478 e. The Kier molecular flexibility index (Phi) is 4.06. The van der Waals surface area contributed by atoms with E-state index in [-0.39, 0.29) is 5.56 Å². The third-order valence-electron chi connectivity index (χ3n) is 2.65. The van der Waals surface area contributed by atoms with E-state index in [0.717, 1.165) is 21.8 Å². The van der Waals surface area contributed by atoms with Crippen LogP contribution in [0.25, 0.3) is 0 Å². The van der Waals surface area contributed by atoms with E-state index < -0.39 is 5.97 Å². The van der Waals surface area contributed by atoms with Gasteiger partial charge in [0.25, 0.3) is 0 Å². The molecule has 5 heteroatoms. The topological polar surface area (TPSA) is 76.2 Å². The Bertz CT molecular complexity index is 597. The van der Waals surface area contributed by atoms with Crippen LogP contribution in [0.15, 0.2) is 41.4 Å². The minimum absolute atomic E-state index is 0.206. The number of nitrogen functional groups attached to an aromatic ring is 1. The molecular formula is C14H14N2O2S. The van der Waals surface area contributed by atoms with Gasteiger partial charge in [0.1, 0.15) is 0 Å². The van der Waals surface area contributed by atoms with Gasteiger partial charge in [-0.3, -0.25) is 4.98 Å². The van der Waals surface area contributed by atoms with E-state index >= 15 is 0 Å². The zero-order valence-corrected chi connectivity index (χ0v) is 11.3. The number of carboxylic acids is 1. The van der Waals surface area contributed by atoms with Crippen LogP contribution in [0, 0.1) is 6.92 Å². The zero-order chi connectivity index (χ0) is 13.8. The molecule has 0 spiro atoms. The second-order valence-corrected chi connectivity index (χ2v) is 5.17. The molecule has 0 atom stereocenters. The number of rotatable bonds is 4. The van der Waals surface area contributed by atoms with Gasteiger partial charge in [-0.05, 0) is 42.8 Å². The lowest BCUT2D eigenvalue weighted by molar-refractivity contribution is 0.0696. The molecule has 2 rings (SSSR count). The number of benzene rings is 1. The van der Waals surface area contributed by atoms with Crippen LogP contribution < -0.4 is 5.73 Å². The first-order chi connectivity index (χ1) is 9.06. The van der Waals surface area contributed by atoms with E-state index in [1.165, 1.54) is 6.20 Å². The average Bonchev–Trinajstić information content (AvgIpc) is 2.38. The van der Waals surface area contributed by atoms with Crippen molar-refractivity contribution in [3.63, 3.8) is 0 Å². The molecule has 0 saturated carbocycles. The SMILES string of the molecule is Cc1cc(N)ccc1SCc1ccc(C(=O)O)cn1. The summed E-state index contributed by atoms with van der Waals surface area (Å²) in [6, 6.07) is 9.10. The van der Waals surface area contributed by atoms with Crippen LogP contribution in [0.5, 0.6) is 0 Å². The highest BCUT2D eigenvalue weighted by Crippen LogP contribution is 2.26. The highest BCUT2D eigenvalue weighted by Gasteiger charge is 2.04. The Hall–Kier alpha value is -2.01. The number of nitrogens with two attached hydrogens (primary N) is 1. The van der Waals surface area contributed by atoms with Crippen LogP contribution in [-0.4, -0.2) is 16.1 Å². The second kappa shape index (κ2) is 5.75. The van der Waals surface area contributed by atoms with Crippen LogP contribution in [0.2, 0.25) is 0 Å². The Morgan fingerprint density at radius 3 is 2.74 bits per heavy atom. The van der Waals surface area contributed by atoms with Gasteiger partial charge in [-0.25, -0.2) is 4.79 Å². The van der Waals surface area contributed by atoms with Crippen LogP contribution >= 0.6 is 11.8 Å². The number of hydrogen-bond donors (Lipinski definition) is 2. The quantitative estimate of drug-likeness (QED) is 0.662. The van der Waals surface area contributed by atoms with Crippen LogP contribution in [0.3, 0.4) is 0 Å². The molecule has 0 radical (unpaired) electrons. The van der Waals surface area contributed by atoms with Gasteiger partial charge in [0, 0.05) is 22.5 Å². The third-order valence-corrected chi connectivity index (χ3v) is 3.86. The predicted octanol–water partition coefficient (Wildman–Crippen LogP) is 2.96. The van der Waals surface area contributed by atoms with E-state index in [2.05, 4.69) is 4.98 Å². The van der Waals surface area contributed by atoms with Crippen LogP contribution in [0.1, 0.15) is 21.6 Å². The van der Waals surface area contributed by atoms with Crippen LogP contribution in [-0.2, 0) is 5.75 Å². The van der Waals surface area contributed by atoms with Gasteiger partial charge in [-0.1, -0.05) is 0 Å². The van der Waals surface area contributed by atoms with Gasteiger partial charge in [0.05, 0.1) is 11.3 Å². The normalized spacial score (nSPS) is 10.4. The fourth-order valence-electron chi connectivity index (χ4n) is 1.62. The molecule has 2 aromatic rings. The summed E-state index contributed by atoms with van der Waals surface area (Å²) < 4.78 is 0. The maximum atomic E-state index is 10.7. The molecule has 0 fully saturated rings. The number of hydrogen-bond acceptors (Lipinski definition) is 4. The number of aryl methyl sites for hydroxylation is 1. The number of pyridine rings is 1. The monoisotopic (exact) mass is 274 g/mol. The number of carboxylic acid groups (broad SMARTS) is 1. The van der Waals surface area contributed by atoms with Crippen molar-refractivity contribution < 1.29 is 9.90 Å². The van der Waals surface area contributed by atoms with Crippen molar-refractivity contribution in [2.45, 2.75) is 17.6 Å². The number of nitrogens with zero attached hydrogens (tertiary/aromatic N) is 1. The summed E-state index contributed by atoms with van der Waals surface area (Å²) in [6.07, 6.45) is 1.38. The second-order valence-electron chi connectivity index (χ2n) is 4.16. The van der Waals surface area contributed by atoms with E-state index in [0.29, 0.717) is 5.75 Å². The number of anilines is 1. The molecular weight excluding hydrogens is 260 g/mol. The van der Waals surface area contributed by atoms with Gasteiger partial charge < -0.3 is 10.8 Å². The maximum Gasteiger partial charge on any atom is 0.337 e. The van der Waals surface area contributed by atoms with Gasteiger partial charge in [-0.2, -0.15) is 0 Å². The molecule has 1 heterocycles. The molecule has 0 amide bonds. The van der Waals surface area contributed by atoms with Crippen molar-refractivity contribution in [2.24, 2.45) is 0 Å². The molecule has 19 heavy (non-hydrogen) atoms.